The molecule has 12 heavy (non-hydrogen) atoms. The van der Waals surface area contributed by atoms with Crippen molar-refractivity contribution >= 4 is 12.4 Å². The van der Waals surface area contributed by atoms with Crippen LogP contribution in [0.5, 0.6) is 0 Å². The highest BCUT2D eigenvalue weighted by atomic mass is 16.5. The molecule has 1 heterocycles. The van der Waals surface area contributed by atoms with Crippen LogP contribution in [-0.2, 0) is 19.1 Å². The van der Waals surface area contributed by atoms with Crippen molar-refractivity contribution < 1.29 is 19.1 Å². The third-order valence-corrected chi connectivity index (χ3v) is 1.78. The summed E-state index contributed by atoms with van der Waals surface area (Å²) in [5, 5.41) is 0. The van der Waals surface area contributed by atoms with Gasteiger partial charge in [0, 0.05) is 6.54 Å². The van der Waals surface area contributed by atoms with Gasteiger partial charge in [-0.15, -0.1) is 0 Å². The van der Waals surface area contributed by atoms with Crippen molar-refractivity contribution in [3.63, 3.8) is 0 Å². The fourth-order valence-electron chi connectivity index (χ4n) is 1.08. The second-order valence-electron chi connectivity index (χ2n) is 2.46. The van der Waals surface area contributed by atoms with Crippen molar-refractivity contribution in [2.24, 2.45) is 0 Å². The lowest BCUT2D eigenvalue weighted by atomic mass is 10.2. The molecule has 0 radical (unpaired) electrons. The van der Waals surface area contributed by atoms with Gasteiger partial charge in [0.2, 0.25) is 6.41 Å². The van der Waals surface area contributed by atoms with E-state index in [1.54, 1.807) is 0 Å². The molecule has 0 aromatic rings. The lowest BCUT2D eigenvalue weighted by Crippen LogP contribution is -2.49. The van der Waals surface area contributed by atoms with E-state index in [-0.39, 0.29) is 6.61 Å². The van der Waals surface area contributed by atoms with Crippen molar-refractivity contribution in [1.29, 1.82) is 0 Å². The van der Waals surface area contributed by atoms with Crippen LogP contribution in [0.2, 0.25) is 0 Å². The quantitative estimate of drug-likeness (QED) is 0.397. The van der Waals surface area contributed by atoms with Gasteiger partial charge in [0.05, 0.1) is 20.3 Å². The number of amides is 1. The van der Waals surface area contributed by atoms with E-state index in [2.05, 4.69) is 4.74 Å². The second-order valence-corrected chi connectivity index (χ2v) is 2.46. The van der Waals surface area contributed by atoms with E-state index >= 15 is 0 Å². The predicted octanol–water partition coefficient (Wildman–Crippen LogP) is -0.983. The lowest BCUT2D eigenvalue weighted by molar-refractivity contribution is -0.156. The predicted molar refractivity (Wildman–Crippen MR) is 39.4 cm³/mol. The molecule has 1 rings (SSSR count). The Bertz CT molecular complexity index is 182. The first-order chi connectivity index (χ1) is 5.79. The van der Waals surface area contributed by atoms with Gasteiger partial charge in [-0.1, -0.05) is 0 Å². The van der Waals surface area contributed by atoms with E-state index in [0.717, 1.165) is 0 Å². The average Bonchev–Trinajstić information content (AvgIpc) is 2.16. The molecular formula is C7H11NO4. The first kappa shape index (κ1) is 8.99. The Morgan fingerprint density at radius 2 is 2.50 bits per heavy atom. The number of hydrogen-bond acceptors (Lipinski definition) is 4. The Morgan fingerprint density at radius 3 is 3.08 bits per heavy atom. The maximum Gasteiger partial charge on any atom is 0.330 e. The summed E-state index contributed by atoms with van der Waals surface area (Å²) in [6, 6.07) is -0.568. The van der Waals surface area contributed by atoms with Gasteiger partial charge in [-0.25, -0.2) is 4.79 Å². The van der Waals surface area contributed by atoms with E-state index in [0.29, 0.717) is 19.6 Å². The van der Waals surface area contributed by atoms with Crippen molar-refractivity contribution in [3.05, 3.63) is 0 Å². The molecule has 5 heteroatoms. The zero-order chi connectivity index (χ0) is 8.97. The minimum absolute atomic E-state index is 0.228. The van der Waals surface area contributed by atoms with Crippen LogP contribution in [0.25, 0.3) is 0 Å². The maximum absolute atomic E-state index is 11.0. The number of ether oxygens (including phenoxy) is 2. The number of hydrogen-bond donors (Lipinski definition) is 0. The molecule has 0 saturated carbocycles. The summed E-state index contributed by atoms with van der Waals surface area (Å²) in [6.45, 7) is 1.15. The minimum atomic E-state index is -0.568. The van der Waals surface area contributed by atoms with Gasteiger partial charge >= 0.3 is 5.97 Å². The standard InChI is InChI=1S/C7H11NO4/c1-11-7(10)6-4-12-3-2-8(6)5-9/h5-6H,2-4H2,1H3. The maximum atomic E-state index is 11.0. The molecule has 1 aliphatic heterocycles. The third-order valence-electron chi connectivity index (χ3n) is 1.78. The summed E-state index contributed by atoms with van der Waals surface area (Å²) >= 11 is 0. The van der Waals surface area contributed by atoms with Crippen LogP contribution in [0.1, 0.15) is 0 Å². The SMILES string of the molecule is COC(=O)C1COCCN1C=O. The molecule has 68 valence electrons. The zero-order valence-corrected chi connectivity index (χ0v) is 6.86. The topological polar surface area (TPSA) is 55.8 Å². The molecule has 0 spiro atoms. The van der Waals surface area contributed by atoms with Gasteiger partial charge in [-0.2, -0.15) is 0 Å². The number of carbonyl (C=O) groups is 2. The van der Waals surface area contributed by atoms with Crippen LogP contribution >= 0.6 is 0 Å². The summed E-state index contributed by atoms with van der Waals surface area (Å²) in [4.78, 5) is 22.9. The Morgan fingerprint density at radius 1 is 1.75 bits per heavy atom. The smallest absolute Gasteiger partial charge is 0.330 e. The number of carbonyl (C=O) groups excluding carboxylic acids is 2. The van der Waals surface area contributed by atoms with Crippen LogP contribution in [0.4, 0.5) is 0 Å². The first-order valence-electron chi connectivity index (χ1n) is 3.66. The van der Waals surface area contributed by atoms with Crippen LogP contribution < -0.4 is 0 Å². The van der Waals surface area contributed by atoms with Gasteiger partial charge in [0.1, 0.15) is 0 Å². The number of morpholine rings is 1. The Balaban J connectivity index is 2.58. The van der Waals surface area contributed by atoms with Gasteiger partial charge < -0.3 is 14.4 Å². The van der Waals surface area contributed by atoms with E-state index in [1.807, 2.05) is 0 Å². The molecule has 1 fully saturated rings. The molecule has 1 amide bonds. The van der Waals surface area contributed by atoms with Gasteiger partial charge in [-0.05, 0) is 0 Å². The third kappa shape index (κ3) is 1.73. The summed E-state index contributed by atoms with van der Waals surface area (Å²) in [5.41, 5.74) is 0. The zero-order valence-electron chi connectivity index (χ0n) is 6.86. The number of rotatable bonds is 2. The monoisotopic (exact) mass is 173 g/mol. The highest BCUT2D eigenvalue weighted by Gasteiger charge is 2.28. The minimum Gasteiger partial charge on any atom is -0.467 e. The lowest BCUT2D eigenvalue weighted by Gasteiger charge is -2.30. The molecule has 0 aliphatic carbocycles. The molecule has 5 nitrogen and oxygen atoms in total. The Labute approximate surface area is 70.2 Å². The fraction of sp³-hybridized carbons (Fsp3) is 0.714. The summed E-state index contributed by atoms with van der Waals surface area (Å²) in [6.07, 6.45) is 0.643. The van der Waals surface area contributed by atoms with E-state index in [9.17, 15) is 9.59 Å². The van der Waals surface area contributed by atoms with Gasteiger partial charge in [0.25, 0.3) is 0 Å². The normalized spacial score (nSPS) is 23.4. The fourth-order valence-corrected chi connectivity index (χ4v) is 1.08. The highest BCUT2D eigenvalue weighted by molar-refractivity contribution is 5.78. The van der Waals surface area contributed by atoms with E-state index in [4.69, 9.17) is 4.74 Å². The van der Waals surface area contributed by atoms with Crippen molar-refractivity contribution in [2.75, 3.05) is 26.9 Å². The first-order valence-corrected chi connectivity index (χ1v) is 3.66. The second kappa shape index (κ2) is 4.06. The van der Waals surface area contributed by atoms with Crippen LogP contribution in [0.15, 0.2) is 0 Å². The van der Waals surface area contributed by atoms with Crippen LogP contribution in [0.3, 0.4) is 0 Å². The molecule has 0 N–H and O–H groups in total. The summed E-state index contributed by atoms with van der Waals surface area (Å²) in [5.74, 6) is -0.429. The van der Waals surface area contributed by atoms with Gasteiger partial charge in [-0.3, -0.25) is 4.79 Å². The molecule has 1 saturated heterocycles. The Hall–Kier alpha value is -1.10. The molecule has 1 atom stereocenters. The van der Waals surface area contributed by atoms with Crippen molar-refractivity contribution in [2.45, 2.75) is 6.04 Å². The highest BCUT2D eigenvalue weighted by Crippen LogP contribution is 2.05. The van der Waals surface area contributed by atoms with Gasteiger partial charge in [0.15, 0.2) is 6.04 Å². The number of nitrogens with zero attached hydrogens (tertiary/aromatic N) is 1. The van der Waals surface area contributed by atoms with Crippen molar-refractivity contribution in [3.8, 4) is 0 Å². The van der Waals surface area contributed by atoms with Crippen molar-refractivity contribution in [1.82, 2.24) is 4.90 Å². The molecule has 0 aromatic heterocycles. The largest absolute Gasteiger partial charge is 0.467 e. The van der Waals surface area contributed by atoms with Crippen LogP contribution in [-0.4, -0.2) is 50.2 Å². The molecule has 1 aliphatic rings. The number of methoxy groups -OCH3 is 1. The van der Waals surface area contributed by atoms with Crippen LogP contribution in [0, 0.1) is 0 Å². The van der Waals surface area contributed by atoms with E-state index < -0.39 is 12.0 Å². The molecule has 0 bridgehead atoms. The number of esters is 1. The summed E-state index contributed by atoms with van der Waals surface area (Å²) in [7, 11) is 1.29. The molecular weight excluding hydrogens is 162 g/mol. The Kier molecular flexibility index (Phi) is 3.04. The average molecular weight is 173 g/mol. The molecule has 1 unspecified atom stereocenters. The molecule has 0 aromatic carbocycles. The van der Waals surface area contributed by atoms with E-state index in [1.165, 1.54) is 12.0 Å². The summed E-state index contributed by atoms with van der Waals surface area (Å²) < 4.78 is 9.54.